The van der Waals surface area contributed by atoms with E-state index in [-0.39, 0.29) is 35.8 Å². The minimum Gasteiger partial charge on any atom is -0.494 e. The Morgan fingerprint density at radius 2 is 1.72 bits per heavy atom. The number of nitrogens with one attached hydrogen (secondary N) is 1. The quantitative estimate of drug-likeness (QED) is 0.283. The number of rotatable bonds is 8. The van der Waals surface area contributed by atoms with Gasteiger partial charge in [0.25, 0.3) is 5.91 Å². The number of nitrogens with zero attached hydrogens (tertiary/aromatic N) is 2. The molecule has 7 nitrogen and oxygen atoms in total. The van der Waals surface area contributed by atoms with Gasteiger partial charge >= 0.3 is 0 Å². The Bertz CT molecular complexity index is 897. The molecule has 2 aromatic carbocycles. The van der Waals surface area contributed by atoms with Crippen LogP contribution in [0.5, 0.6) is 11.5 Å². The topological polar surface area (TPSA) is 89.2 Å². The van der Waals surface area contributed by atoms with Crippen molar-refractivity contribution in [3.05, 3.63) is 53.6 Å². The lowest BCUT2D eigenvalue weighted by Crippen LogP contribution is -2.35. The summed E-state index contributed by atoms with van der Waals surface area (Å²) in [4.78, 5) is 18.9. The predicted molar refractivity (Wildman–Crippen MR) is 139 cm³/mol. The van der Waals surface area contributed by atoms with E-state index in [4.69, 9.17) is 15.2 Å². The summed E-state index contributed by atoms with van der Waals surface area (Å²) in [5.74, 6) is 1.80. The molecule has 1 heterocycles. The number of halogens is 1. The number of likely N-dealkylation sites (tertiary alicyclic amines) is 1. The molecule has 2 aromatic rings. The van der Waals surface area contributed by atoms with Crippen LogP contribution in [0, 0.1) is 0 Å². The van der Waals surface area contributed by atoms with Crippen molar-refractivity contribution in [2.24, 2.45) is 10.7 Å². The molecule has 0 unspecified atom stereocenters. The van der Waals surface area contributed by atoms with Gasteiger partial charge in [0, 0.05) is 24.7 Å². The fraction of sp³-hybridized carbons (Fsp3) is 0.417. The van der Waals surface area contributed by atoms with Crippen LogP contribution in [0.15, 0.2) is 47.5 Å². The normalized spacial score (nSPS) is 13.8. The summed E-state index contributed by atoms with van der Waals surface area (Å²) < 4.78 is 11.2. The second-order valence-electron chi connectivity index (χ2n) is 7.40. The van der Waals surface area contributed by atoms with Crippen LogP contribution in [0.25, 0.3) is 0 Å². The standard InChI is InChI=1S/C24H32N4O3.HI/c1-3-30-20-12-13-22(31-4-2)21(16-20)27-24(25)26-17-18-8-10-19(11-9-18)23(29)28-14-6-5-7-15-28;/h8-13,16H,3-7,14-15,17H2,1-2H3,(H3,25,26,27);1H. The van der Waals surface area contributed by atoms with E-state index in [1.807, 2.05) is 61.2 Å². The van der Waals surface area contributed by atoms with Crippen molar-refractivity contribution >= 4 is 41.5 Å². The van der Waals surface area contributed by atoms with Gasteiger partial charge in [0.05, 0.1) is 25.4 Å². The zero-order chi connectivity index (χ0) is 22.1. The minimum absolute atomic E-state index is 0. The Balaban J connectivity index is 0.00000363. The van der Waals surface area contributed by atoms with Crippen LogP contribution in [-0.2, 0) is 6.54 Å². The van der Waals surface area contributed by atoms with Crippen LogP contribution < -0.4 is 20.5 Å². The van der Waals surface area contributed by atoms with Crippen LogP contribution in [0.3, 0.4) is 0 Å². The van der Waals surface area contributed by atoms with Gasteiger partial charge in [0.1, 0.15) is 11.5 Å². The molecule has 8 heteroatoms. The van der Waals surface area contributed by atoms with Crippen LogP contribution in [0.4, 0.5) is 5.69 Å². The number of guanidine groups is 1. The highest BCUT2D eigenvalue weighted by molar-refractivity contribution is 14.0. The van der Waals surface area contributed by atoms with Crippen LogP contribution in [0.2, 0.25) is 0 Å². The summed E-state index contributed by atoms with van der Waals surface area (Å²) >= 11 is 0. The predicted octanol–water partition coefficient (Wildman–Crippen LogP) is 4.65. The molecule has 0 radical (unpaired) electrons. The first-order valence-corrected chi connectivity index (χ1v) is 11.0. The third kappa shape index (κ3) is 7.29. The van der Waals surface area contributed by atoms with Gasteiger partial charge in [-0.05, 0) is 62.9 Å². The first-order chi connectivity index (χ1) is 15.1. The molecule has 1 aliphatic heterocycles. The van der Waals surface area contributed by atoms with Gasteiger partial charge in [0.2, 0.25) is 0 Å². The second kappa shape index (κ2) is 13.1. The molecule has 0 saturated carbocycles. The number of anilines is 1. The van der Waals surface area contributed by atoms with Gasteiger partial charge in [0.15, 0.2) is 5.96 Å². The van der Waals surface area contributed by atoms with E-state index in [1.165, 1.54) is 6.42 Å². The highest BCUT2D eigenvalue weighted by Gasteiger charge is 2.17. The lowest BCUT2D eigenvalue weighted by molar-refractivity contribution is 0.0724. The molecular formula is C24H33IN4O3. The number of hydrogen-bond donors (Lipinski definition) is 2. The molecule has 3 N–H and O–H groups in total. The highest BCUT2D eigenvalue weighted by Crippen LogP contribution is 2.29. The van der Waals surface area contributed by atoms with Crippen molar-refractivity contribution in [2.75, 3.05) is 31.6 Å². The lowest BCUT2D eigenvalue weighted by atomic mass is 10.1. The summed E-state index contributed by atoms with van der Waals surface area (Å²) in [5.41, 5.74) is 8.50. The molecule has 0 bridgehead atoms. The number of piperidine rings is 1. The number of aliphatic imine (C=N–C) groups is 1. The Hall–Kier alpha value is -2.49. The second-order valence-corrected chi connectivity index (χ2v) is 7.40. The summed E-state index contributed by atoms with van der Waals surface area (Å²) in [6, 6.07) is 13.1. The summed E-state index contributed by atoms with van der Waals surface area (Å²) in [6.07, 6.45) is 3.38. The van der Waals surface area contributed by atoms with Crippen molar-refractivity contribution in [1.82, 2.24) is 4.90 Å². The zero-order valence-electron chi connectivity index (χ0n) is 18.8. The summed E-state index contributed by atoms with van der Waals surface area (Å²) in [5, 5.41) is 3.10. The molecule has 0 atom stereocenters. The maximum Gasteiger partial charge on any atom is 0.253 e. The first-order valence-electron chi connectivity index (χ1n) is 11.0. The van der Waals surface area contributed by atoms with Crippen molar-refractivity contribution in [1.29, 1.82) is 0 Å². The molecule has 32 heavy (non-hydrogen) atoms. The summed E-state index contributed by atoms with van der Waals surface area (Å²) in [7, 11) is 0. The molecule has 0 aromatic heterocycles. The molecule has 174 valence electrons. The Labute approximate surface area is 207 Å². The molecule has 3 rings (SSSR count). The van der Waals surface area contributed by atoms with Gasteiger partial charge in [-0.2, -0.15) is 0 Å². The van der Waals surface area contributed by atoms with E-state index in [9.17, 15) is 4.79 Å². The van der Waals surface area contributed by atoms with Crippen molar-refractivity contribution in [3.63, 3.8) is 0 Å². The van der Waals surface area contributed by atoms with Crippen molar-refractivity contribution < 1.29 is 14.3 Å². The molecule has 1 saturated heterocycles. The van der Waals surface area contributed by atoms with Crippen LogP contribution in [-0.4, -0.2) is 43.1 Å². The van der Waals surface area contributed by atoms with Gasteiger partial charge < -0.3 is 25.4 Å². The van der Waals surface area contributed by atoms with E-state index in [0.717, 1.165) is 42.8 Å². The number of benzene rings is 2. The average molecular weight is 552 g/mol. The molecule has 1 amide bonds. The van der Waals surface area contributed by atoms with E-state index < -0.39 is 0 Å². The van der Waals surface area contributed by atoms with E-state index >= 15 is 0 Å². The number of hydrogen-bond acceptors (Lipinski definition) is 4. The maximum absolute atomic E-state index is 12.6. The number of nitrogens with two attached hydrogens (primary N) is 1. The summed E-state index contributed by atoms with van der Waals surface area (Å²) in [6.45, 7) is 7.09. The molecular weight excluding hydrogens is 519 g/mol. The molecule has 0 spiro atoms. The average Bonchev–Trinajstić information content (AvgIpc) is 2.80. The largest absolute Gasteiger partial charge is 0.494 e. The fourth-order valence-corrected chi connectivity index (χ4v) is 3.53. The lowest BCUT2D eigenvalue weighted by Gasteiger charge is -2.26. The van der Waals surface area contributed by atoms with Gasteiger partial charge in [-0.3, -0.25) is 4.79 Å². The first kappa shape index (κ1) is 25.8. The SMILES string of the molecule is CCOc1ccc(OCC)c(NC(N)=NCc2ccc(C(=O)N3CCCCC3)cc2)c1.I. The molecule has 1 fully saturated rings. The smallest absolute Gasteiger partial charge is 0.253 e. The van der Waals surface area contributed by atoms with E-state index in [0.29, 0.717) is 31.2 Å². The highest BCUT2D eigenvalue weighted by atomic mass is 127. The van der Waals surface area contributed by atoms with E-state index in [2.05, 4.69) is 10.3 Å². The number of carbonyl (C=O) groups is 1. The van der Waals surface area contributed by atoms with E-state index in [1.54, 1.807) is 0 Å². The van der Waals surface area contributed by atoms with Crippen LogP contribution in [0.1, 0.15) is 49.0 Å². The Morgan fingerprint density at radius 3 is 2.38 bits per heavy atom. The third-order valence-corrected chi connectivity index (χ3v) is 5.10. The van der Waals surface area contributed by atoms with Gasteiger partial charge in [-0.25, -0.2) is 4.99 Å². The van der Waals surface area contributed by atoms with Crippen molar-refractivity contribution in [3.8, 4) is 11.5 Å². The number of carbonyl (C=O) groups excluding carboxylic acids is 1. The van der Waals surface area contributed by atoms with Crippen molar-refractivity contribution in [2.45, 2.75) is 39.7 Å². The number of ether oxygens (including phenoxy) is 2. The monoisotopic (exact) mass is 552 g/mol. The fourth-order valence-electron chi connectivity index (χ4n) is 3.53. The van der Waals surface area contributed by atoms with Gasteiger partial charge in [-0.15, -0.1) is 24.0 Å². The molecule has 1 aliphatic rings. The van der Waals surface area contributed by atoms with Crippen LogP contribution >= 0.6 is 24.0 Å². The minimum atomic E-state index is 0. The maximum atomic E-state index is 12.6. The Morgan fingerprint density at radius 1 is 1.03 bits per heavy atom. The number of amides is 1. The van der Waals surface area contributed by atoms with Gasteiger partial charge in [-0.1, -0.05) is 12.1 Å². The Kier molecular flexibility index (Phi) is 10.6. The third-order valence-electron chi connectivity index (χ3n) is 5.10. The molecule has 0 aliphatic carbocycles. The zero-order valence-corrected chi connectivity index (χ0v) is 21.1.